The van der Waals surface area contributed by atoms with E-state index in [0.717, 1.165) is 11.1 Å². The second kappa shape index (κ2) is 5.00. The summed E-state index contributed by atoms with van der Waals surface area (Å²) in [5, 5.41) is 0. The first kappa shape index (κ1) is 16.5. The van der Waals surface area contributed by atoms with E-state index in [1.807, 2.05) is 24.3 Å². The highest BCUT2D eigenvalue weighted by atomic mass is 19.1. The van der Waals surface area contributed by atoms with Gasteiger partial charge in [-0.05, 0) is 89.0 Å². The average molecular weight is 349 g/mol. The van der Waals surface area contributed by atoms with Gasteiger partial charge in [-0.25, -0.2) is 4.39 Å². The molecule has 4 aliphatic rings. The summed E-state index contributed by atoms with van der Waals surface area (Å²) in [4.78, 5) is 0. The summed E-state index contributed by atoms with van der Waals surface area (Å²) in [5.41, 5.74) is 4.78. The molecule has 0 aliphatic heterocycles. The van der Waals surface area contributed by atoms with Gasteiger partial charge in [0, 0.05) is 0 Å². The van der Waals surface area contributed by atoms with Crippen LogP contribution in [0.25, 0.3) is 11.1 Å². The zero-order valence-corrected chi connectivity index (χ0v) is 16.2. The highest BCUT2D eigenvalue weighted by molar-refractivity contribution is 5.65. The van der Waals surface area contributed by atoms with Gasteiger partial charge in [0.05, 0.1) is 0 Å². The first-order chi connectivity index (χ1) is 12.2. The lowest BCUT2D eigenvalue weighted by Crippen LogP contribution is -2.60. The maximum absolute atomic E-state index is 14.7. The van der Waals surface area contributed by atoms with Gasteiger partial charge in [0.25, 0.3) is 0 Å². The van der Waals surface area contributed by atoms with Crippen LogP contribution in [0.2, 0.25) is 0 Å². The van der Waals surface area contributed by atoms with Crippen LogP contribution in [0.1, 0.15) is 64.9 Å². The highest BCUT2D eigenvalue weighted by Gasteiger charge is 2.64. The fourth-order valence-electron chi connectivity index (χ4n) is 8.29. The van der Waals surface area contributed by atoms with Gasteiger partial charge in [0.2, 0.25) is 0 Å². The maximum Gasteiger partial charge on any atom is 0.124 e. The lowest BCUT2D eigenvalue weighted by molar-refractivity contribution is -0.152. The van der Waals surface area contributed by atoms with E-state index in [1.54, 1.807) is 6.07 Å². The van der Waals surface area contributed by atoms with Crippen LogP contribution in [0.4, 0.5) is 4.39 Å². The minimum absolute atomic E-state index is 0.0856. The van der Waals surface area contributed by atoms with E-state index in [4.69, 9.17) is 0 Å². The number of rotatable bonds is 2. The van der Waals surface area contributed by atoms with E-state index in [1.165, 1.54) is 44.1 Å². The Kier molecular flexibility index (Phi) is 3.18. The van der Waals surface area contributed by atoms with E-state index >= 15 is 0 Å². The fourth-order valence-corrected chi connectivity index (χ4v) is 8.29. The summed E-state index contributed by atoms with van der Waals surface area (Å²) in [6, 6.07) is 16.1. The topological polar surface area (TPSA) is 0 Å². The van der Waals surface area contributed by atoms with Crippen molar-refractivity contribution in [1.82, 2.24) is 0 Å². The van der Waals surface area contributed by atoms with E-state index in [0.29, 0.717) is 16.2 Å². The molecule has 4 aliphatic carbocycles. The third-order valence-electron chi connectivity index (χ3n) is 7.47. The van der Waals surface area contributed by atoms with Crippen LogP contribution in [0, 0.1) is 22.1 Å². The van der Waals surface area contributed by atoms with Gasteiger partial charge in [0.15, 0.2) is 0 Å². The molecule has 2 aromatic carbocycles. The molecule has 0 nitrogen and oxygen atoms in total. The van der Waals surface area contributed by atoms with Crippen molar-refractivity contribution >= 4 is 0 Å². The molecule has 0 unspecified atom stereocenters. The predicted molar refractivity (Wildman–Crippen MR) is 106 cm³/mol. The average Bonchev–Trinajstić information content (AvgIpc) is 2.50. The lowest BCUT2D eigenvalue weighted by Gasteiger charge is -2.69. The Balaban J connectivity index is 1.65. The molecule has 0 radical (unpaired) electrons. The Morgan fingerprint density at radius 3 is 1.73 bits per heavy atom. The number of hydrogen-bond acceptors (Lipinski definition) is 0. The summed E-state index contributed by atoms with van der Waals surface area (Å²) in [7, 11) is 0. The summed E-state index contributed by atoms with van der Waals surface area (Å²) in [6.07, 6.45) is 7.71. The molecule has 4 bridgehead atoms. The summed E-state index contributed by atoms with van der Waals surface area (Å²) in [5.74, 6) is -0.0856. The van der Waals surface area contributed by atoms with Crippen molar-refractivity contribution in [3.05, 3.63) is 59.9 Å². The van der Waals surface area contributed by atoms with E-state index in [9.17, 15) is 4.39 Å². The molecule has 4 saturated carbocycles. The SMILES string of the molecule is CC12CC3(C)CC(C)(C1)CC(c1cc(F)cc(-c4ccccc4)c1)(C2)C3. The third kappa shape index (κ3) is 2.47. The largest absolute Gasteiger partial charge is 0.207 e. The minimum Gasteiger partial charge on any atom is -0.207 e. The monoisotopic (exact) mass is 348 g/mol. The van der Waals surface area contributed by atoms with Gasteiger partial charge >= 0.3 is 0 Å². The minimum atomic E-state index is -0.0856. The van der Waals surface area contributed by atoms with Gasteiger partial charge in [-0.3, -0.25) is 0 Å². The first-order valence-electron chi connectivity index (χ1n) is 10.1. The molecule has 0 heterocycles. The maximum atomic E-state index is 14.7. The van der Waals surface area contributed by atoms with Crippen LogP contribution in [0.5, 0.6) is 0 Å². The van der Waals surface area contributed by atoms with Gasteiger partial charge in [-0.1, -0.05) is 57.2 Å². The molecule has 0 atom stereocenters. The molecule has 0 aromatic heterocycles. The Bertz CT molecular complexity index is 811. The zero-order chi connectivity index (χ0) is 18.2. The lowest BCUT2D eigenvalue weighted by atomic mass is 9.35. The normalized spacial score (nSPS) is 40.8. The Labute approximate surface area is 156 Å². The van der Waals surface area contributed by atoms with Crippen LogP contribution in [-0.4, -0.2) is 0 Å². The van der Waals surface area contributed by atoms with Gasteiger partial charge < -0.3 is 0 Å². The Morgan fingerprint density at radius 2 is 1.19 bits per heavy atom. The number of halogens is 1. The smallest absolute Gasteiger partial charge is 0.124 e. The van der Waals surface area contributed by atoms with Crippen molar-refractivity contribution in [2.75, 3.05) is 0 Å². The third-order valence-corrected chi connectivity index (χ3v) is 7.47. The molecule has 2 aromatic rings. The molecule has 0 saturated heterocycles. The second-order valence-corrected chi connectivity index (χ2v) is 10.9. The fraction of sp³-hybridized carbons (Fsp3) is 0.520. The quantitative estimate of drug-likeness (QED) is 0.541. The standard InChI is InChI=1S/C25H29F/c1-22-12-23(2)14-24(3,13-22)17-25(15-22,16-23)20-9-19(10-21(26)11-20)18-7-5-4-6-8-18/h4-11H,12-17H2,1-3H3. The molecule has 1 heteroatoms. The molecule has 0 N–H and O–H groups in total. The van der Waals surface area contributed by atoms with Crippen LogP contribution < -0.4 is 0 Å². The highest BCUT2D eigenvalue weighted by Crippen LogP contribution is 2.73. The molecular weight excluding hydrogens is 319 g/mol. The molecule has 136 valence electrons. The van der Waals surface area contributed by atoms with Crippen molar-refractivity contribution in [2.45, 2.75) is 64.7 Å². The predicted octanol–water partition coefficient (Wildman–Crippen LogP) is 7.13. The van der Waals surface area contributed by atoms with Crippen molar-refractivity contribution in [3.8, 4) is 11.1 Å². The molecule has 0 spiro atoms. The van der Waals surface area contributed by atoms with Crippen LogP contribution in [-0.2, 0) is 5.41 Å². The number of hydrogen-bond donors (Lipinski definition) is 0. The molecule has 0 amide bonds. The molecule has 26 heavy (non-hydrogen) atoms. The van der Waals surface area contributed by atoms with Crippen LogP contribution in [0.15, 0.2) is 48.5 Å². The summed E-state index contributed by atoms with van der Waals surface area (Å²) < 4.78 is 14.7. The van der Waals surface area contributed by atoms with E-state index < -0.39 is 0 Å². The van der Waals surface area contributed by atoms with Crippen LogP contribution >= 0.6 is 0 Å². The first-order valence-corrected chi connectivity index (χ1v) is 10.1. The van der Waals surface area contributed by atoms with E-state index in [2.05, 4.69) is 39.0 Å². The van der Waals surface area contributed by atoms with Crippen molar-refractivity contribution in [2.24, 2.45) is 16.2 Å². The van der Waals surface area contributed by atoms with Gasteiger partial charge in [-0.15, -0.1) is 0 Å². The molecule has 4 fully saturated rings. The van der Waals surface area contributed by atoms with Crippen LogP contribution in [0.3, 0.4) is 0 Å². The van der Waals surface area contributed by atoms with Crippen molar-refractivity contribution in [3.63, 3.8) is 0 Å². The summed E-state index contributed by atoms with van der Waals surface area (Å²) >= 11 is 0. The molecule has 6 rings (SSSR count). The molecular formula is C25H29F. The zero-order valence-electron chi connectivity index (χ0n) is 16.2. The van der Waals surface area contributed by atoms with Crippen molar-refractivity contribution in [1.29, 1.82) is 0 Å². The Hall–Kier alpha value is -1.63. The number of benzene rings is 2. The Morgan fingerprint density at radius 1 is 0.654 bits per heavy atom. The van der Waals surface area contributed by atoms with Gasteiger partial charge in [0.1, 0.15) is 5.82 Å². The second-order valence-electron chi connectivity index (χ2n) is 10.9. The summed E-state index contributed by atoms with van der Waals surface area (Å²) in [6.45, 7) is 7.48. The van der Waals surface area contributed by atoms with Gasteiger partial charge in [-0.2, -0.15) is 0 Å². The van der Waals surface area contributed by atoms with E-state index in [-0.39, 0.29) is 11.2 Å². The van der Waals surface area contributed by atoms with Crippen molar-refractivity contribution < 1.29 is 4.39 Å².